The number of benzene rings is 1. The third-order valence-electron chi connectivity index (χ3n) is 2.61. The fourth-order valence-electron chi connectivity index (χ4n) is 1.65. The first-order valence-electron chi connectivity index (χ1n) is 5.90. The first-order valence-corrected chi connectivity index (χ1v) is 6.72. The molecule has 1 N–H and O–H groups in total. The van der Waals surface area contributed by atoms with Crippen molar-refractivity contribution in [1.82, 2.24) is 15.5 Å². The number of hydrogen-bond acceptors (Lipinski definition) is 4. The van der Waals surface area contributed by atoms with Gasteiger partial charge in [-0.3, -0.25) is 0 Å². The maximum Gasteiger partial charge on any atom is 0.148 e. The molecule has 1 aromatic heterocycles. The minimum absolute atomic E-state index is 0.956. The summed E-state index contributed by atoms with van der Waals surface area (Å²) in [6.45, 7) is 6.19. The van der Waals surface area contributed by atoms with Crippen molar-refractivity contribution in [1.29, 1.82) is 0 Å². The minimum Gasteiger partial charge on any atom is -0.317 e. The van der Waals surface area contributed by atoms with Gasteiger partial charge in [-0.25, -0.2) is 0 Å². The highest BCUT2D eigenvalue weighted by Gasteiger charge is 2.07. The average Bonchev–Trinajstić information content (AvgIpc) is 2.79. The Morgan fingerprint density at radius 3 is 2.82 bits per heavy atom. The van der Waals surface area contributed by atoms with E-state index in [1.807, 2.05) is 12.1 Å². The number of rotatable bonds is 5. The maximum atomic E-state index is 4.27. The van der Waals surface area contributed by atoms with E-state index in [1.165, 1.54) is 11.1 Å². The summed E-state index contributed by atoms with van der Waals surface area (Å²) >= 11 is 1.69. The Kier molecular flexibility index (Phi) is 4.23. The van der Waals surface area contributed by atoms with Crippen LogP contribution >= 0.6 is 11.3 Å². The van der Waals surface area contributed by atoms with E-state index in [2.05, 4.69) is 41.5 Å². The lowest BCUT2D eigenvalue weighted by Crippen LogP contribution is -2.15. The van der Waals surface area contributed by atoms with E-state index in [0.717, 1.165) is 29.5 Å². The first-order chi connectivity index (χ1) is 8.31. The Hall–Kier alpha value is -1.26. The van der Waals surface area contributed by atoms with Crippen molar-refractivity contribution >= 4 is 11.3 Å². The van der Waals surface area contributed by atoms with Gasteiger partial charge >= 0.3 is 0 Å². The summed E-state index contributed by atoms with van der Waals surface area (Å²) in [6.07, 6.45) is 0.956. The number of aromatic nitrogens is 2. The first kappa shape index (κ1) is 12.2. The molecule has 0 aliphatic rings. The Balaban J connectivity index is 2.10. The smallest absolute Gasteiger partial charge is 0.148 e. The van der Waals surface area contributed by atoms with Crippen LogP contribution in [-0.4, -0.2) is 23.3 Å². The fraction of sp³-hybridized carbons (Fsp3) is 0.385. The van der Waals surface area contributed by atoms with Crippen molar-refractivity contribution < 1.29 is 0 Å². The highest BCUT2D eigenvalue weighted by Crippen LogP contribution is 2.26. The molecule has 0 saturated heterocycles. The zero-order chi connectivity index (χ0) is 12.1. The monoisotopic (exact) mass is 247 g/mol. The van der Waals surface area contributed by atoms with Crippen molar-refractivity contribution in [3.8, 4) is 10.6 Å². The Morgan fingerprint density at radius 1 is 1.24 bits per heavy atom. The molecule has 2 aromatic rings. The summed E-state index contributed by atoms with van der Waals surface area (Å²) in [5.41, 5.74) is 2.45. The number of aryl methyl sites for hydroxylation is 1. The van der Waals surface area contributed by atoms with Crippen LogP contribution in [0, 0.1) is 6.92 Å². The van der Waals surface area contributed by atoms with Crippen LogP contribution in [-0.2, 0) is 6.42 Å². The third kappa shape index (κ3) is 3.11. The molecule has 0 atom stereocenters. The minimum atomic E-state index is 0.956. The van der Waals surface area contributed by atoms with Crippen LogP contribution in [0.3, 0.4) is 0 Å². The lowest BCUT2D eigenvalue weighted by atomic mass is 10.1. The summed E-state index contributed by atoms with van der Waals surface area (Å²) in [7, 11) is 0. The van der Waals surface area contributed by atoms with Crippen molar-refractivity contribution in [2.24, 2.45) is 0 Å². The molecule has 1 aromatic carbocycles. The second kappa shape index (κ2) is 5.89. The van der Waals surface area contributed by atoms with Gasteiger partial charge in [0.25, 0.3) is 0 Å². The van der Waals surface area contributed by atoms with Gasteiger partial charge in [0.1, 0.15) is 10.0 Å². The SMILES string of the molecule is CCNCCc1nnc(-c2ccccc2C)s1. The van der Waals surface area contributed by atoms with Crippen LogP contribution in [0.15, 0.2) is 24.3 Å². The molecule has 0 spiro atoms. The summed E-state index contributed by atoms with van der Waals surface area (Å²) in [5, 5.41) is 13.9. The molecule has 0 aliphatic heterocycles. The Bertz CT molecular complexity index is 479. The zero-order valence-electron chi connectivity index (χ0n) is 10.2. The van der Waals surface area contributed by atoms with Crippen LogP contribution < -0.4 is 5.32 Å². The molecule has 1 heterocycles. The molecule has 3 nitrogen and oxygen atoms in total. The van der Waals surface area contributed by atoms with Crippen LogP contribution in [0.2, 0.25) is 0 Å². The van der Waals surface area contributed by atoms with Crippen LogP contribution in [0.4, 0.5) is 0 Å². The molecule has 0 bridgehead atoms. The van der Waals surface area contributed by atoms with Crippen molar-refractivity contribution in [2.45, 2.75) is 20.3 Å². The van der Waals surface area contributed by atoms with Gasteiger partial charge in [0.2, 0.25) is 0 Å². The molecule has 0 radical (unpaired) electrons. The number of nitrogens with zero attached hydrogens (tertiary/aromatic N) is 2. The highest BCUT2D eigenvalue weighted by atomic mass is 32.1. The van der Waals surface area contributed by atoms with E-state index < -0.39 is 0 Å². The molecule has 0 amide bonds. The second-order valence-corrected chi connectivity index (χ2v) is 4.98. The average molecular weight is 247 g/mol. The van der Waals surface area contributed by atoms with Gasteiger partial charge in [0, 0.05) is 18.5 Å². The van der Waals surface area contributed by atoms with Crippen molar-refractivity contribution in [3.63, 3.8) is 0 Å². The van der Waals surface area contributed by atoms with E-state index in [4.69, 9.17) is 0 Å². The predicted octanol–water partition coefficient (Wildman–Crippen LogP) is 2.67. The van der Waals surface area contributed by atoms with Crippen LogP contribution in [0.1, 0.15) is 17.5 Å². The molecule has 2 rings (SSSR count). The van der Waals surface area contributed by atoms with Gasteiger partial charge in [-0.05, 0) is 19.0 Å². The second-order valence-electron chi connectivity index (χ2n) is 3.92. The molecule has 4 heteroatoms. The topological polar surface area (TPSA) is 37.8 Å². The predicted molar refractivity (Wildman–Crippen MR) is 72.3 cm³/mol. The van der Waals surface area contributed by atoms with Gasteiger partial charge in [0.15, 0.2) is 0 Å². The van der Waals surface area contributed by atoms with Gasteiger partial charge < -0.3 is 5.32 Å². The van der Waals surface area contributed by atoms with Crippen molar-refractivity contribution in [3.05, 3.63) is 34.8 Å². The van der Waals surface area contributed by atoms with Crippen molar-refractivity contribution in [2.75, 3.05) is 13.1 Å². The molecule has 90 valence electrons. The molecular weight excluding hydrogens is 230 g/mol. The summed E-state index contributed by atoms with van der Waals surface area (Å²) in [6, 6.07) is 8.30. The Labute approximate surface area is 106 Å². The molecule has 0 aliphatic carbocycles. The molecular formula is C13H17N3S. The normalized spacial score (nSPS) is 10.7. The maximum absolute atomic E-state index is 4.27. The van der Waals surface area contributed by atoms with E-state index in [-0.39, 0.29) is 0 Å². The summed E-state index contributed by atoms with van der Waals surface area (Å²) in [4.78, 5) is 0. The lowest BCUT2D eigenvalue weighted by Gasteiger charge is -1.99. The van der Waals surface area contributed by atoms with Crippen LogP contribution in [0.5, 0.6) is 0 Å². The summed E-state index contributed by atoms with van der Waals surface area (Å²) in [5.74, 6) is 0. The molecule has 0 unspecified atom stereocenters. The van der Waals surface area contributed by atoms with Gasteiger partial charge in [0.05, 0.1) is 0 Å². The number of nitrogens with one attached hydrogen (secondary N) is 1. The van der Waals surface area contributed by atoms with E-state index in [0.29, 0.717) is 0 Å². The van der Waals surface area contributed by atoms with E-state index in [9.17, 15) is 0 Å². The van der Waals surface area contributed by atoms with Gasteiger partial charge in [-0.15, -0.1) is 10.2 Å². The van der Waals surface area contributed by atoms with E-state index >= 15 is 0 Å². The standard InChI is InChI=1S/C13H17N3S/c1-3-14-9-8-12-15-16-13(17-12)11-7-5-4-6-10(11)2/h4-7,14H,3,8-9H2,1-2H3. The number of likely N-dealkylation sites (N-methyl/N-ethyl adjacent to an activating group) is 1. The van der Waals surface area contributed by atoms with E-state index in [1.54, 1.807) is 11.3 Å². The molecule has 0 fully saturated rings. The largest absolute Gasteiger partial charge is 0.317 e. The molecule has 0 saturated carbocycles. The van der Waals surface area contributed by atoms with Gasteiger partial charge in [-0.1, -0.05) is 42.5 Å². The quantitative estimate of drug-likeness (QED) is 0.825. The zero-order valence-corrected chi connectivity index (χ0v) is 11.0. The van der Waals surface area contributed by atoms with Crippen LogP contribution in [0.25, 0.3) is 10.6 Å². The lowest BCUT2D eigenvalue weighted by molar-refractivity contribution is 0.710. The fourth-order valence-corrected chi connectivity index (χ4v) is 2.58. The Morgan fingerprint density at radius 2 is 2.06 bits per heavy atom. The third-order valence-corrected chi connectivity index (χ3v) is 3.62. The molecule has 17 heavy (non-hydrogen) atoms. The highest BCUT2D eigenvalue weighted by molar-refractivity contribution is 7.14. The number of hydrogen-bond donors (Lipinski definition) is 1. The summed E-state index contributed by atoms with van der Waals surface area (Å²) < 4.78 is 0. The van der Waals surface area contributed by atoms with Gasteiger partial charge in [-0.2, -0.15) is 0 Å².